The molecule has 0 aromatic carbocycles. The van der Waals surface area contributed by atoms with E-state index in [4.69, 9.17) is 9.47 Å². The van der Waals surface area contributed by atoms with Crippen LogP contribution in [0.3, 0.4) is 0 Å². The van der Waals surface area contributed by atoms with Crippen LogP contribution < -0.4 is 0 Å². The lowest BCUT2D eigenvalue weighted by atomic mass is 10.3. The summed E-state index contributed by atoms with van der Waals surface area (Å²) in [5, 5.41) is 0. The van der Waals surface area contributed by atoms with Crippen LogP contribution in [0.25, 0.3) is 0 Å². The summed E-state index contributed by atoms with van der Waals surface area (Å²) < 4.78 is 11.2. The average Bonchev–Trinajstić information content (AvgIpc) is 2.47. The third-order valence-corrected chi connectivity index (χ3v) is 2.39. The van der Waals surface area contributed by atoms with E-state index in [9.17, 15) is 0 Å². The fourth-order valence-electron chi connectivity index (χ4n) is 1.76. The molecule has 0 radical (unpaired) electrons. The first-order chi connectivity index (χ1) is 6.66. The van der Waals surface area contributed by atoms with E-state index in [1.807, 2.05) is 19.9 Å². The summed E-state index contributed by atoms with van der Waals surface area (Å²) in [4.78, 5) is 2.23. The van der Waals surface area contributed by atoms with Crippen LogP contribution >= 0.6 is 0 Å². The summed E-state index contributed by atoms with van der Waals surface area (Å²) in [7, 11) is 0. The van der Waals surface area contributed by atoms with Crippen LogP contribution in [0.2, 0.25) is 0 Å². The zero-order valence-corrected chi connectivity index (χ0v) is 8.77. The van der Waals surface area contributed by atoms with E-state index in [1.165, 1.54) is 0 Å². The zero-order chi connectivity index (χ0) is 10.0. The van der Waals surface area contributed by atoms with Crippen molar-refractivity contribution in [2.45, 2.75) is 25.7 Å². The lowest BCUT2D eigenvalue weighted by Gasteiger charge is -2.24. The van der Waals surface area contributed by atoms with Gasteiger partial charge in [0.2, 0.25) is 0 Å². The molecule has 0 aromatic rings. The minimum atomic E-state index is -0.403. The lowest BCUT2D eigenvalue weighted by Crippen LogP contribution is -2.32. The summed E-state index contributed by atoms with van der Waals surface area (Å²) in [6.07, 6.45) is 8.54. The smallest absolute Gasteiger partial charge is 0.163 e. The molecule has 3 nitrogen and oxygen atoms in total. The second-order valence-electron chi connectivity index (χ2n) is 4.17. The largest absolute Gasteiger partial charge is 0.371 e. The van der Waals surface area contributed by atoms with Crippen molar-refractivity contribution in [3.63, 3.8) is 0 Å². The summed E-state index contributed by atoms with van der Waals surface area (Å²) in [5.41, 5.74) is 0. The standard InChI is InChI=1S/C11H17NO2/c1-11(2)13-9-10(14-11)8-12-6-4-3-5-7-12/h3-6,10H,7-9H2,1-2H3/t10-/m1/s1. The van der Waals surface area contributed by atoms with E-state index in [0.29, 0.717) is 6.61 Å². The fourth-order valence-corrected chi connectivity index (χ4v) is 1.76. The second-order valence-corrected chi connectivity index (χ2v) is 4.17. The predicted octanol–water partition coefficient (Wildman–Crippen LogP) is 1.52. The lowest BCUT2D eigenvalue weighted by molar-refractivity contribution is -0.139. The first kappa shape index (κ1) is 9.74. The molecule has 0 aromatic heterocycles. The van der Waals surface area contributed by atoms with Gasteiger partial charge in [0.15, 0.2) is 5.79 Å². The zero-order valence-electron chi connectivity index (χ0n) is 8.77. The van der Waals surface area contributed by atoms with Crippen LogP contribution in [0.1, 0.15) is 13.8 Å². The number of hydrogen-bond donors (Lipinski definition) is 0. The molecule has 2 rings (SSSR count). The van der Waals surface area contributed by atoms with Crippen molar-refractivity contribution in [2.24, 2.45) is 0 Å². The first-order valence-electron chi connectivity index (χ1n) is 5.05. The van der Waals surface area contributed by atoms with Gasteiger partial charge in [0.25, 0.3) is 0 Å². The van der Waals surface area contributed by atoms with E-state index in [0.717, 1.165) is 13.1 Å². The Morgan fingerprint density at radius 2 is 2.29 bits per heavy atom. The normalized spacial score (nSPS) is 29.9. The van der Waals surface area contributed by atoms with Crippen molar-refractivity contribution in [2.75, 3.05) is 19.7 Å². The maximum Gasteiger partial charge on any atom is 0.163 e. The fraction of sp³-hybridized carbons (Fsp3) is 0.636. The maximum absolute atomic E-state index is 5.73. The highest BCUT2D eigenvalue weighted by atomic mass is 16.7. The van der Waals surface area contributed by atoms with Gasteiger partial charge in [-0.05, 0) is 26.1 Å². The van der Waals surface area contributed by atoms with Crippen molar-refractivity contribution in [1.29, 1.82) is 0 Å². The third kappa shape index (κ3) is 2.36. The second kappa shape index (κ2) is 3.75. The van der Waals surface area contributed by atoms with E-state index >= 15 is 0 Å². The van der Waals surface area contributed by atoms with Gasteiger partial charge in [0, 0.05) is 13.1 Å². The monoisotopic (exact) mass is 195 g/mol. The average molecular weight is 195 g/mol. The topological polar surface area (TPSA) is 21.7 Å². The highest BCUT2D eigenvalue weighted by Gasteiger charge is 2.33. The van der Waals surface area contributed by atoms with Crippen LogP contribution in [-0.2, 0) is 9.47 Å². The summed E-state index contributed by atoms with van der Waals surface area (Å²) in [5.74, 6) is -0.403. The van der Waals surface area contributed by atoms with E-state index in [2.05, 4.69) is 23.3 Å². The molecule has 0 unspecified atom stereocenters. The number of nitrogens with zero attached hydrogens (tertiary/aromatic N) is 1. The Hall–Kier alpha value is -0.800. The van der Waals surface area contributed by atoms with Crippen LogP contribution in [0.5, 0.6) is 0 Å². The van der Waals surface area contributed by atoms with E-state index < -0.39 is 5.79 Å². The molecule has 2 heterocycles. The Kier molecular flexibility index (Phi) is 2.61. The minimum absolute atomic E-state index is 0.196. The van der Waals surface area contributed by atoms with Gasteiger partial charge in [-0.25, -0.2) is 0 Å². The Labute approximate surface area is 85.0 Å². The first-order valence-corrected chi connectivity index (χ1v) is 5.05. The molecule has 1 fully saturated rings. The third-order valence-electron chi connectivity index (χ3n) is 2.39. The van der Waals surface area contributed by atoms with Crippen LogP contribution in [-0.4, -0.2) is 36.5 Å². The van der Waals surface area contributed by atoms with Gasteiger partial charge in [-0.15, -0.1) is 0 Å². The van der Waals surface area contributed by atoms with Crippen molar-refractivity contribution in [3.05, 3.63) is 24.4 Å². The molecule has 78 valence electrons. The van der Waals surface area contributed by atoms with E-state index in [-0.39, 0.29) is 6.10 Å². The van der Waals surface area contributed by atoms with Gasteiger partial charge < -0.3 is 14.4 Å². The van der Waals surface area contributed by atoms with Crippen molar-refractivity contribution < 1.29 is 9.47 Å². The van der Waals surface area contributed by atoms with Gasteiger partial charge in [-0.3, -0.25) is 0 Å². The van der Waals surface area contributed by atoms with Gasteiger partial charge in [0.05, 0.1) is 6.61 Å². The molecule has 1 saturated heterocycles. The molecule has 0 N–H and O–H groups in total. The van der Waals surface area contributed by atoms with Crippen LogP contribution in [0, 0.1) is 0 Å². The molecule has 0 aliphatic carbocycles. The SMILES string of the molecule is CC1(C)OC[C@@H](CN2C=CC=CC2)O1. The molecule has 2 aliphatic heterocycles. The number of hydrogen-bond acceptors (Lipinski definition) is 3. The number of rotatable bonds is 2. The van der Waals surface area contributed by atoms with Crippen molar-refractivity contribution in [1.82, 2.24) is 4.90 Å². The molecule has 0 spiro atoms. The van der Waals surface area contributed by atoms with Gasteiger partial charge in [0.1, 0.15) is 6.10 Å². The maximum atomic E-state index is 5.73. The summed E-state index contributed by atoms with van der Waals surface area (Å²) in [6, 6.07) is 0. The molecule has 1 atom stereocenters. The van der Waals surface area contributed by atoms with Crippen LogP contribution in [0.15, 0.2) is 24.4 Å². The Balaban J connectivity index is 1.82. The van der Waals surface area contributed by atoms with Crippen molar-refractivity contribution >= 4 is 0 Å². The van der Waals surface area contributed by atoms with Gasteiger partial charge >= 0.3 is 0 Å². The van der Waals surface area contributed by atoms with Crippen molar-refractivity contribution in [3.8, 4) is 0 Å². The Morgan fingerprint density at radius 3 is 2.86 bits per heavy atom. The molecular formula is C11H17NO2. The Morgan fingerprint density at radius 1 is 1.43 bits per heavy atom. The quantitative estimate of drug-likeness (QED) is 0.667. The van der Waals surface area contributed by atoms with Crippen LogP contribution in [0.4, 0.5) is 0 Å². The molecule has 0 saturated carbocycles. The molecule has 3 heteroatoms. The molecule has 2 aliphatic rings. The summed E-state index contributed by atoms with van der Waals surface area (Å²) >= 11 is 0. The highest BCUT2D eigenvalue weighted by molar-refractivity contribution is 5.08. The number of allylic oxidation sites excluding steroid dienone is 2. The van der Waals surface area contributed by atoms with E-state index in [1.54, 1.807) is 0 Å². The molecule has 0 amide bonds. The van der Waals surface area contributed by atoms with Gasteiger partial charge in [-0.1, -0.05) is 12.2 Å². The predicted molar refractivity (Wildman–Crippen MR) is 54.8 cm³/mol. The highest BCUT2D eigenvalue weighted by Crippen LogP contribution is 2.22. The van der Waals surface area contributed by atoms with Gasteiger partial charge in [-0.2, -0.15) is 0 Å². The molecule has 14 heavy (non-hydrogen) atoms. The molecule has 0 bridgehead atoms. The molecular weight excluding hydrogens is 178 g/mol. The summed E-state index contributed by atoms with van der Waals surface area (Å²) in [6.45, 7) is 6.49. The Bertz CT molecular complexity index is 258. The number of ether oxygens (including phenoxy) is 2. The minimum Gasteiger partial charge on any atom is -0.371 e.